The van der Waals surface area contributed by atoms with E-state index in [-0.39, 0.29) is 5.91 Å². The summed E-state index contributed by atoms with van der Waals surface area (Å²) >= 11 is 3.45. The summed E-state index contributed by atoms with van der Waals surface area (Å²) in [6, 6.07) is 5.82. The minimum absolute atomic E-state index is 0.0152. The van der Waals surface area contributed by atoms with Gasteiger partial charge >= 0.3 is 0 Å². The molecule has 0 aliphatic heterocycles. The van der Waals surface area contributed by atoms with Gasteiger partial charge < -0.3 is 10.6 Å². The molecule has 0 saturated heterocycles. The Morgan fingerprint density at radius 1 is 1.47 bits per heavy atom. The molecule has 1 aliphatic carbocycles. The van der Waals surface area contributed by atoms with E-state index >= 15 is 0 Å². The van der Waals surface area contributed by atoms with Crippen molar-refractivity contribution in [3.05, 3.63) is 28.2 Å². The average molecular weight is 297 g/mol. The highest BCUT2D eigenvalue weighted by atomic mass is 79.9. The van der Waals surface area contributed by atoms with Crippen molar-refractivity contribution in [2.75, 3.05) is 18.4 Å². The Kier molecular flexibility index (Phi) is 4.18. The van der Waals surface area contributed by atoms with Crippen molar-refractivity contribution < 1.29 is 4.79 Å². The molecule has 1 aromatic carbocycles. The highest BCUT2D eigenvalue weighted by molar-refractivity contribution is 9.10. The summed E-state index contributed by atoms with van der Waals surface area (Å²) in [7, 11) is 0. The summed E-state index contributed by atoms with van der Waals surface area (Å²) in [5.74, 6) is 0.817. The van der Waals surface area contributed by atoms with E-state index in [2.05, 4.69) is 26.6 Å². The Morgan fingerprint density at radius 2 is 2.24 bits per heavy atom. The van der Waals surface area contributed by atoms with Crippen LogP contribution in [-0.2, 0) is 4.79 Å². The van der Waals surface area contributed by atoms with E-state index in [1.807, 2.05) is 25.1 Å². The number of rotatable bonds is 5. The molecule has 17 heavy (non-hydrogen) atoms. The number of aryl methyl sites for hydroxylation is 1. The van der Waals surface area contributed by atoms with Crippen molar-refractivity contribution in [3.63, 3.8) is 0 Å². The summed E-state index contributed by atoms with van der Waals surface area (Å²) in [6.45, 7) is 3.37. The van der Waals surface area contributed by atoms with Crippen molar-refractivity contribution in [2.45, 2.75) is 19.8 Å². The number of hydrogen-bond acceptors (Lipinski definition) is 2. The van der Waals surface area contributed by atoms with Gasteiger partial charge in [0, 0.05) is 10.2 Å². The molecule has 1 amide bonds. The minimum Gasteiger partial charge on any atom is -0.325 e. The first-order valence-electron chi connectivity index (χ1n) is 5.92. The Balaban J connectivity index is 1.77. The molecule has 1 aliphatic rings. The third-order valence-corrected chi connectivity index (χ3v) is 3.73. The van der Waals surface area contributed by atoms with Crippen molar-refractivity contribution in [1.29, 1.82) is 0 Å². The van der Waals surface area contributed by atoms with E-state index in [1.165, 1.54) is 12.8 Å². The van der Waals surface area contributed by atoms with Gasteiger partial charge in [-0.1, -0.05) is 22.0 Å². The number of hydrogen-bond donors (Lipinski definition) is 2. The predicted octanol–water partition coefficient (Wildman–Crippen LogP) is 2.70. The molecule has 0 spiro atoms. The van der Waals surface area contributed by atoms with Crippen LogP contribution in [0.15, 0.2) is 22.7 Å². The molecule has 0 aromatic heterocycles. The maximum absolute atomic E-state index is 11.6. The minimum atomic E-state index is 0.0152. The molecule has 1 aromatic rings. The second-order valence-electron chi connectivity index (χ2n) is 4.59. The SMILES string of the molecule is Cc1ccc(NC(=O)CNCC2CC2)cc1Br. The first-order chi connectivity index (χ1) is 8.15. The highest BCUT2D eigenvalue weighted by Gasteiger charge is 2.20. The number of nitrogens with one attached hydrogen (secondary N) is 2. The molecule has 1 saturated carbocycles. The number of carbonyl (C=O) groups is 1. The summed E-state index contributed by atoms with van der Waals surface area (Å²) in [5, 5.41) is 6.04. The van der Waals surface area contributed by atoms with Crippen molar-refractivity contribution in [1.82, 2.24) is 5.32 Å². The van der Waals surface area contributed by atoms with E-state index in [0.717, 1.165) is 28.2 Å². The van der Waals surface area contributed by atoms with Gasteiger partial charge in [0.15, 0.2) is 0 Å². The van der Waals surface area contributed by atoms with Crippen LogP contribution >= 0.6 is 15.9 Å². The van der Waals surface area contributed by atoms with E-state index in [9.17, 15) is 4.79 Å². The zero-order chi connectivity index (χ0) is 12.3. The van der Waals surface area contributed by atoms with Gasteiger partial charge in [-0.15, -0.1) is 0 Å². The second kappa shape index (κ2) is 5.65. The van der Waals surface area contributed by atoms with Gasteiger partial charge in [0.25, 0.3) is 0 Å². The van der Waals surface area contributed by atoms with Gasteiger partial charge in [-0.25, -0.2) is 0 Å². The predicted molar refractivity (Wildman–Crippen MR) is 73.1 cm³/mol. The summed E-state index contributed by atoms with van der Waals surface area (Å²) < 4.78 is 1.02. The van der Waals surface area contributed by atoms with Crippen molar-refractivity contribution in [3.8, 4) is 0 Å². The first kappa shape index (κ1) is 12.6. The van der Waals surface area contributed by atoms with Gasteiger partial charge in [0.05, 0.1) is 6.54 Å². The normalized spacial score (nSPS) is 14.7. The van der Waals surface area contributed by atoms with Crippen molar-refractivity contribution in [2.24, 2.45) is 5.92 Å². The third kappa shape index (κ3) is 4.13. The quantitative estimate of drug-likeness (QED) is 0.877. The standard InChI is InChI=1S/C13H17BrN2O/c1-9-2-5-11(6-12(9)14)16-13(17)8-15-7-10-3-4-10/h2,5-6,10,15H,3-4,7-8H2,1H3,(H,16,17). The number of amides is 1. The van der Waals surface area contributed by atoms with E-state index in [4.69, 9.17) is 0 Å². The molecule has 0 bridgehead atoms. The molecule has 2 rings (SSSR count). The molecule has 0 heterocycles. The Hall–Kier alpha value is -0.870. The molecule has 0 radical (unpaired) electrons. The van der Waals surface area contributed by atoms with Crippen LogP contribution in [0.4, 0.5) is 5.69 Å². The van der Waals surface area contributed by atoms with Crippen molar-refractivity contribution >= 4 is 27.5 Å². The van der Waals surface area contributed by atoms with Crippen LogP contribution in [0.25, 0.3) is 0 Å². The van der Waals surface area contributed by atoms with Gasteiger partial charge in [0.1, 0.15) is 0 Å². The lowest BCUT2D eigenvalue weighted by molar-refractivity contribution is -0.115. The highest BCUT2D eigenvalue weighted by Crippen LogP contribution is 2.27. The maximum Gasteiger partial charge on any atom is 0.238 e. The van der Waals surface area contributed by atoms with Crippen LogP contribution in [0.5, 0.6) is 0 Å². The number of halogens is 1. The smallest absolute Gasteiger partial charge is 0.238 e. The second-order valence-corrected chi connectivity index (χ2v) is 5.44. The Bertz CT molecular complexity index is 416. The molecule has 0 atom stereocenters. The molecule has 4 heteroatoms. The molecule has 3 nitrogen and oxygen atoms in total. The largest absolute Gasteiger partial charge is 0.325 e. The van der Waals surface area contributed by atoms with Crippen LogP contribution in [0, 0.1) is 12.8 Å². The molecule has 2 N–H and O–H groups in total. The summed E-state index contributed by atoms with van der Waals surface area (Å²) in [5.41, 5.74) is 2.00. The van der Waals surface area contributed by atoms with Crippen LogP contribution in [0.2, 0.25) is 0 Å². The zero-order valence-electron chi connectivity index (χ0n) is 9.92. The Labute approximate surface area is 110 Å². The van der Waals surface area contributed by atoms with Crippen LogP contribution in [0.3, 0.4) is 0 Å². The van der Waals surface area contributed by atoms with Crippen LogP contribution in [0.1, 0.15) is 18.4 Å². The Morgan fingerprint density at radius 3 is 2.88 bits per heavy atom. The number of carbonyl (C=O) groups excluding carboxylic acids is 1. The molecular weight excluding hydrogens is 280 g/mol. The van der Waals surface area contributed by atoms with E-state index < -0.39 is 0 Å². The topological polar surface area (TPSA) is 41.1 Å². The molecule has 1 fully saturated rings. The van der Waals surface area contributed by atoms with Gasteiger partial charge in [-0.05, 0) is 49.9 Å². The average Bonchev–Trinajstić information content (AvgIpc) is 3.07. The van der Waals surface area contributed by atoms with E-state index in [0.29, 0.717) is 6.54 Å². The van der Waals surface area contributed by atoms with Gasteiger partial charge in [-0.2, -0.15) is 0 Å². The molecule has 92 valence electrons. The zero-order valence-corrected chi connectivity index (χ0v) is 11.5. The maximum atomic E-state index is 11.6. The fourth-order valence-corrected chi connectivity index (χ4v) is 1.97. The number of benzene rings is 1. The molecule has 0 unspecified atom stereocenters. The number of anilines is 1. The van der Waals surface area contributed by atoms with E-state index in [1.54, 1.807) is 0 Å². The van der Waals surface area contributed by atoms with Crippen LogP contribution in [-0.4, -0.2) is 19.0 Å². The lowest BCUT2D eigenvalue weighted by Gasteiger charge is -2.07. The fraction of sp³-hybridized carbons (Fsp3) is 0.462. The summed E-state index contributed by atoms with van der Waals surface area (Å²) in [4.78, 5) is 11.6. The first-order valence-corrected chi connectivity index (χ1v) is 6.71. The third-order valence-electron chi connectivity index (χ3n) is 2.87. The van der Waals surface area contributed by atoms with Gasteiger partial charge in [-0.3, -0.25) is 4.79 Å². The lowest BCUT2D eigenvalue weighted by atomic mass is 10.2. The summed E-state index contributed by atoms with van der Waals surface area (Å²) in [6.07, 6.45) is 2.61. The fourth-order valence-electron chi connectivity index (χ4n) is 1.59. The lowest BCUT2D eigenvalue weighted by Crippen LogP contribution is -2.29. The monoisotopic (exact) mass is 296 g/mol. The molecular formula is C13H17BrN2O. The van der Waals surface area contributed by atoms with Gasteiger partial charge in [0.2, 0.25) is 5.91 Å². The van der Waals surface area contributed by atoms with Crippen LogP contribution < -0.4 is 10.6 Å².